The molecule has 0 aromatic heterocycles. The highest BCUT2D eigenvalue weighted by Crippen LogP contribution is 2.24. The number of para-hydroxylation sites is 1. The average Bonchev–Trinajstić information content (AvgIpc) is 2.62. The van der Waals surface area contributed by atoms with Crippen molar-refractivity contribution >= 4 is 30.5 Å². The molecule has 0 radical (unpaired) electrons. The number of halogens is 2. The average molecular weight is 427 g/mol. The van der Waals surface area contributed by atoms with E-state index >= 15 is 0 Å². The monoisotopic (exact) mass is 426 g/mol. The Kier molecular flexibility index (Phi) is 10.1. The molecule has 156 valence electrons. The highest BCUT2D eigenvalue weighted by Gasteiger charge is 2.20. The summed E-state index contributed by atoms with van der Waals surface area (Å²) in [5, 5.41) is 10.4. The van der Waals surface area contributed by atoms with Gasteiger partial charge in [-0.3, -0.25) is 4.90 Å². The predicted molar refractivity (Wildman–Crippen MR) is 122 cm³/mol. The van der Waals surface area contributed by atoms with Crippen LogP contribution in [0.4, 0.5) is 5.69 Å². The summed E-state index contributed by atoms with van der Waals surface area (Å²) in [5.41, 5.74) is 4.78. The lowest BCUT2D eigenvalue weighted by atomic mass is 10.1. The first-order chi connectivity index (χ1) is 12.5. The fraction of sp³-hybridized carbons (Fsp3) is 0.455. The van der Waals surface area contributed by atoms with E-state index in [0.717, 1.165) is 43.1 Å². The molecule has 1 saturated heterocycles. The summed E-state index contributed by atoms with van der Waals surface area (Å²) in [6, 6.07) is 14.8. The van der Waals surface area contributed by atoms with Gasteiger partial charge in [0.2, 0.25) is 0 Å². The lowest BCUT2D eigenvalue weighted by molar-refractivity contribution is 0.0658. The molecular formula is C22H32Cl2N2O2. The number of rotatable bonds is 6. The van der Waals surface area contributed by atoms with E-state index < -0.39 is 6.10 Å². The first-order valence-electron chi connectivity index (χ1n) is 9.44. The molecule has 1 aliphatic rings. The number of nitrogens with zero attached hydrogens (tertiary/aromatic N) is 2. The van der Waals surface area contributed by atoms with Crippen LogP contribution in [0.5, 0.6) is 5.75 Å². The zero-order valence-corrected chi connectivity index (χ0v) is 18.6. The third-order valence-corrected chi connectivity index (χ3v) is 4.99. The number of benzene rings is 2. The normalized spacial score (nSPS) is 15.4. The van der Waals surface area contributed by atoms with Crippen molar-refractivity contribution < 1.29 is 9.84 Å². The molecule has 2 aromatic carbocycles. The summed E-state index contributed by atoms with van der Waals surface area (Å²) in [6.07, 6.45) is -0.474. The Morgan fingerprint density at radius 2 is 1.50 bits per heavy atom. The van der Waals surface area contributed by atoms with Crippen molar-refractivity contribution in [2.45, 2.75) is 26.9 Å². The van der Waals surface area contributed by atoms with Gasteiger partial charge in [0.15, 0.2) is 0 Å². The van der Waals surface area contributed by atoms with Crippen LogP contribution in [-0.4, -0.2) is 55.4 Å². The Bertz CT molecular complexity index is 697. The first kappa shape index (κ1) is 24.6. The van der Waals surface area contributed by atoms with Crippen molar-refractivity contribution in [2.24, 2.45) is 0 Å². The number of hydrogen-bond acceptors (Lipinski definition) is 4. The highest BCUT2D eigenvalue weighted by atomic mass is 35.5. The first-order valence-corrected chi connectivity index (χ1v) is 9.44. The number of ether oxygens (including phenoxy) is 1. The zero-order chi connectivity index (χ0) is 18.5. The Hall–Kier alpha value is -1.46. The maximum atomic E-state index is 10.4. The summed E-state index contributed by atoms with van der Waals surface area (Å²) in [4.78, 5) is 4.72. The summed E-state index contributed by atoms with van der Waals surface area (Å²) in [7, 11) is 0. The summed E-state index contributed by atoms with van der Waals surface area (Å²) in [5.74, 6) is 0.906. The van der Waals surface area contributed by atoms with Crippen LogP contribution in [0.15, 0.2) is 42.5 Å². The van der Waals surface area contributed by atoms with Crippen molar-refractivity contribution in [1.82, 2.24) is 4.90 Å². The van der Waals surface area contributed by atoms with Gasteiger partial charge in [0, 0.05) is 38.4 Å². The minimum absolute atomic E-state index is 0. The SMILES string of the molecule is Cc1cc(C)c(OCC(O)CN2CCN(c3ccccc3)CC2)c(C)c1.Cl.Cl. The molecule has 0 saturated carbocycles. The van der Waals surface area contributed by atoms with Gasteiger partial charge in [-0.25, -0.2) is 0 Å². The molecule has 1 N–H and O–H groups in total. The Morgan fingerprint density at radius 1 is 0.929 bits per heavy atom. The Morgan fingerprint density at radius 3 is 2.07 bits per heavy atom. The second-order valence-electron chi connectivity index (χ2n) is 7.32. The van der Waals surface area contributed by atoms with Crippen molar-refractivity contribution in [3.05, 3.63) is 59.2 Å². The van der Waals surface area contributed by atoms with Crippen LogP contribution in [0, 0.1) is 20.8 Å². The minimum atomic E-state index is -0.474. The number of aliphatic hydroxyl groups is 1. The number of aliphatic hydroxyl groups excluding tert-OH is 1. The van der Waals surface area contributed by atoms with Crippen molar-refractivity contribution in [2.75, 3.05) is 44.2 Å². The van der Waals surface area contributed by atoms with Crippen LogP contribution < -0.4 is 9.64 Å². The largest absolute Gasteiger partial charge is 0.490 e. The molecule has 6 heteroatoms. The van der Waals surface area contributed by atoms with Crippen LogP contribution in [0.1, 0.15) is 16.7 Å². The number of piperazine rings is 1. The lowest BCUT2D eigenvalue weighted by Crippen LogP contribution is -2.49. The smallest absolute Gasteiger partial charge is 0.125 e. The van der Waals surface area contributed by atoms with E-state index in [2.05, 4.69) is 67.0 Å². The van der Waals surface area contributed by atoms with E-state index in [4.69, 9.17) is 4.74 Å². The summed E-state index contributed by atoms with van der Waals surface area (Å²) >= 11 is 0. The van der Waals surface area contributed by atoms with Gasteiger partial charge >= 0.3 is 0 Å². The second-order valence-corrected chi connectivity index (χ2v) is 7.32. The predicted octanol–water partition coefficient (Wildman–Crippen LogP) is 4.02. The molecule has 1 aliphatic heterocycles. The van der Waals surface area contributed by atoms with Gasteiger partial charge in [0.1, 0.15) is 18.5 Å². The molecular weight excluding hydrogens is 395 g/mol. The number of hydrogen-bond donors (Lipinski definition) is 1. The summed E-state index contributed by atoms with van der Waals surface area (Å²) in [6.45, 7) is 11.1. The van der Waals surface area contributed by atoms with E-state index in [0.29, 0.717) is 13.2 Å². The van der Waals surface area contributed by atoms with Crippen LogP contribution in [0.25, 0.3) is 0 Å². The van der Waals surface area contributed by atoms with E-state index in [1.54, 1.807) is 0 Å². The molecule has 4 nitrogen and oxygen atoms in total. The second kappa shape index (κ2) is 11.5. The van der Waals surface area contributed by atoms with Gasteiger partial charge in [-0.15, -0.1) is 24.8 Å². The lowest BCUT2D eigenvalue weighted by Gasteiger charge is -2.36. The highest BCUT2D eigenvalue weighted by molar-refractivity contribution is 5.85. The molecule has 3 rings (SSSR count). The van der Waals surface area contributed by atoms with Gasteiger partial charge in [0.05, 0.1) is 0 Å². The minimum Gasteiger partial charge on any atom is -0.490 e. The van der Waals surface area contributed by atoms with Crippen molar-refractivity contribution in [1.29, 1.82) is 0 Å². The van der Waals surface area contributed by atoms with E-state index in [9.17, 15) is 5.11 Å². The topological polar surface area (TPSA) is 35.9 Å². The van der Waals surface area contributed by atoms with Crippen LogP contribution >= 0.6 is 24.8 Å². The van der Waals surface area contributed by atoms with Gasteiger partial charge in [-0.1, -0.05) is 35.9 Å². The van der Waals surface area contributed by atoms with Gasteiger partial charge in [0.25, 0.3) is 0 Å². The van der Waals surface area contributed by atoms with E-state index in [-0.39, 0.29) is 24.8 Å². The molecule has 28 heavy (non-hydrogen) atoms. The number of anilines is 1. The van der Waals surface area contributed by atoms with Gasteiger partial charge in [-0.2, -0.15) is 0 Å². The van der Waals surface area contributed by atoms with Gasteiger partial charge in [-0.05, 0) is 44.0 Å². The Labute approximate surface area is 181 Å². The number of β-amino-alcohol motifs (C(OH)–C–C–N with tert-alkyl or cyclic N) is 1. The molecule has 0 aliphatic carbocycles. The molecule has 2 aromatic rings. The number of aryl methyl sites for hydroxylation is 3. The molecule has 1 heterocycles. The fourth-order valence-electron chi connectivity index (χ4n) is 3.75. The van der Waals surface area contributed by atoms with Crippen molar-refractivity contribution in [3.8, 4) is 5.75 Å². The van der Waals surface area contributed by atoms with Crippen LogP contribution in [0.3, 0.4) is 0 Å². The Balaban J connectivity index is 0.00000196. The molecule has 0 amide bonds. The molecule has 1 unspecified atom stereocenters. The van der Waals surface area contributed by atoms with Gasteiger partial charge < -0.3 is 14.7 Å². The van der Waals surface area contributed by atoms with Crippen LogP contribution in [-0.2, 0) is 0 Å². The zero-order valence-electron chi connectivity index (χ0n) is 16.9. The maximum absolute atomic E-state index is 10.4. The van der Waals surface area contributed by atoms with E-state index in [1.807, 2.05) is 6.07 Å². The molecule has 1 atom stereocenters. The molecule has 1 fully saturated rings. The summed E-state index contributed by atoms with van der Waals surface area (Å²) < 4.78 is 5.93. The van der Waals surface area contributed by atoms with E-state index in [1.165, 1.54) is 11.3 Å². The third-order valence-electron chi connectivity index (χ3n) is 4.99. The molecule has 0 bridgehead atoms. The fourth-order valence-corrected chi connectivity index (χ4v) is 3.75. The third kappa shape index (κ3) is 6.56. The van der Waals surface area contributed by atoms with Crippen LogP contribution in [0.2, 0.25) is 0 Å². The maximum Gasteiger partial charge on any atom is 0.125 e. The standard InChI is InChI=1S/C22H30N2O2.2ClH/c1-17-13-18(2)22(19(3)14-17)26-16-21(25)15-23-9-11-24(12-10-23)20-7-5-4-6-8-20;;/h4-8,13-14,21,25H,9-12,15-16H2,1-3H3;2*1H. The van der Waals surface area contributed by atoms with Crippen molar-refractivity contribution in [3.63, 3.8) is 0 Å². The quantitative estimate of drug-likeness (QED) is 0.756. The molecule has 0 spiro atoms.